The molecule has 1 aliphatic carbocycles. The van der Waals surface area contributed by atoms with E-state index in [4.69, 9.17) is 4.74 Å². The van der Waals surface area contributed by atoms with Crippen LogP contribution in [-0.4, -0.2) is 25.8 Å². The summed E-state index contributed by atoms with van der Waals surface area (Å²) < 4.78 is 5.31. The highest BCUT2D eigenvalue weighted by Crippen LogP contribution is 2.51. The number of benzene rings is 1. The van der Waals surface area contributed by atoms with E-state index in [2.05, 4.69) is 5.32 Å². The van der Waals surface area contributed by atoms with Crippen molar-refractivity contribution >= 4 is 0 Å². The lowest BCUT2D eigenvalue weighted by Crippen LogP contribution is -2.23. The van der Waals surface area contributed by atoms with E-state index >= 15 is 0 Å². The molecule has 1 aromatic rings. The Morgan fingerprint density at radius 3 is 2.73 bits per heavy atom. The van der Waals surface area contributed by atoms with Crippen LogP contribution in [0, 0.1) is 0 Å². The van der Waals surface area contributed by atoms with E-state index in [9.17, 15) is 5.11 Å². The van der Waals surface area contributed by atoms with E-state index in [0.717, 1.165) is 12.3 Å². The lowest BCUT2D eigenvalue weighted by atomic mass is 9.95. The number of likely N-dealkylation sites (N-methyl/N-ethyl adjacent to an activating group) is 1. The molecule has 0 radical (unpaired) electrons. The highest BCUT2D eigenvalue weighted by Gasteiger charge is 2.45. The minimum absolute atomic E-state index is 0.230. The van der Waals surface area contributed by atoms with Crippen molar-refractivity contribution in [2.75, 3.05) is 20.7 Å². The van der Waals surface area contributed by atoms with Crippen LogP contribution in [0.4, 0.5) is 0 Å². The summed E-state index contributed by atoms with van der Waals surface area (Å²) in [6.07, 6.45) is 2.38. The van der Waals surface area contributed by atoms with Gasteiger partial charge in [0.15, 0.2) is 0 Å². The number of phenols is 1. The van der Waals surface area contributed by atoms with Gasteiger partial charge in [0.25, 0.3) is 0 Å². The van der Waals surface area contributed by atoms with Crippen LogP contribution in [0.25, 0.3) is 0 Å². The van der Waals surface area contributed by atoms with Gasteiger partial charge in [-0.1, -0.05) is 6.07 Å². The van der Waals surface area contributed by atoms with Gasteiger partial charge in [0.1, 0.15) is 11.5 Å². The molecule has 3 nitrogen and oxygen atoms in total. The molecule has 0 aliphatic heterocycles. The van der Waals surface area contributed by atoms with Crippen LogP contribution in [0.5, 0.6) is 11.5 Å². The number of hydrogen-bond donors (Lipinski definition) is 2. The van der Waals surface area contributed by atoms with Crippen molar-refractivity contribution in [1.82, 2.24) is 5.32 Å². The summed E-state index contributed by atoms with van der Waals surface area (Å²) in [5.41, 5.74) is 1.44. The molecular formula is C12H17NO2. The van der Waals surface area contributed by atoms with Gasteiger partial charge in [-0.25, -0.2) is 0 Å². The number of methoxy groups -OCH3 is 1. The summed E-state index contributed by atoms with van der Waals surface area (Å²) in [4.78, 5) is 0. The first kappa shape index (κ1) is 10.3. The van der Waals surface area contributed by atoms with Crippen molar-refractivity contribution in [1.29, 1.82) is 0 Å². The predicted molar refractivity (Wildman–Crippen MR) is 59.5 cm³/mol. The van der Waals surface area contributed by atoms with Crippen molar-refractivity contribution in [3.63, 3.8) is 0 Å². The Hall–Kier alpha value is -1.22. The zero-order valence-electron chi connectivity index (χ0n) is 9.21. The zero-order valence-corrected chi connectivity index (χ0v) is 9.21. The van der Waals surface area contributed by atoms with Gasteiger partial charge in [-0.15, -0.1) is 0 Å². The van der Waals surface area contributed by atoms with Crippen LogP contribution in [0.15, 0.2) is 18.2 Å². The third-order valence-corrected chi connectivity index (χ3v) is 3.13. The summed E-state index contributed by atoms with van der Waals surface area (Å²) >= 11 is 0. The molecule has 1 saturated carbocycles. The Labute approximate surface area is 90.1 Å². The van der Waals surface area contributed by atoms with Gasteiger partial charge in [0.2, 0.25) is 0 Å². The second-order valence-electron chi connectivity index (χ2n) is 4.20. The minimum Gasteiger partial charge on any atom is -0.508 e. The normalized spacial score (nSPS) is 17.5. The molecule has 1 aliphatic rings. The molecule has 0 bridgehead atoms. The van der Waals surface area contributed by atoms with Crippen LogP contribution in [0.2, 0.25) is 0 Å². The smallest absolute Gasteiger partial charge is 0.126 e. The number of nitrogens with one attached hydrogen (secondary N) is 1. The van der Waals surface area contributed by atoms with Crippen LogP contribution in [-0.2, 0) is 5.41 Å². The molecule has 2 rings (SSSR count). The predicted octanol–water partition coefficient (Wildman–Crippen LogP) is 1.65. The van der Waals surface area contributed by atoms with Crippen molar-refractivity contribution in [3.05, 3.63) is 23.8 Å². The Balaban J connectivity index is 2.35. The van der Waals surface area contributed by atoms with Crippen LogP contribution >= 0.6 is 0 Å². The molecule has 1 fully saturated rings. The molecule has 0 unspecified atom stereocenters. The van der Waals surface area contributed by atoms with Crippen molar-refractivity contribution in [2.24, 2.45) is 0 Å². The molecule has 0 saturated heterocycles. The average molecular weight is 207 g/mol. The summed E-state index contributed by atoms with van der Waals surface area (Å²) in [6.45, 7) is 0.966. The van der Waals surface area contributed by atoms with Gasteiger partial charge in [0, 0.05) is 23.6 Å². The molecule has 82 valence electrons. The van der Waals surface area contributed by atoms with Crippen LogP contribution < -0.4 is 10.1 Å². The number of rotatable bonds is 4. The molecular weight excluding hydrogens is 190 g/mol. The molecule has 0 heterocycles. The molecule has 0 amide bonds. The first-order chi connectivity index (χ1) is 7.22. The zero-order chi connectivity index (χ0) is 10.9. The van der Waals surface area contributed by atoms with E-state index in [1.165, 1.54) is 18.4 Å². The van der Waals surface area contributed by atoms with Crippen molar-refractivity contribution < 1.29 is 9.84 Å². The molecule has 3 heteroatoms. The van der Waals surface area contributed by atoms with E-state index in [0.29, 0.717) is 0 Å². The van der Waals surface area contributed by atoms with Gasteiger partial charge >= 0.3 is 0 Å². The molecule has 0 spiro atoms. The minimum atomic E-state index is 0.230. The van der Waals surface area contributed by atoms with Crippen LogP contribution in [0.1, 0.15) is 18.4 Å². The summed E-state index contributed by atoms with van der Waals surface area (Å²) in [5.74, 6) is 1.05. The quantitative estimate of drug-likeness (QED) is 0.788. The number of phenolic OH excluding ortho intramolecular Hbond substituents is 1. The summed E-state index contributed by atoms with van der Waals surface area (Å²) in [7, 11) is 3.61. The Kier molecular flexibility index (Phi) is 2.57. The lowest BCUT2D eigenvalue weighted by molar-refractivity contribution is 0.396. The lowest BCUT2D eigenvalue weighted by Gasteiger charge is -2.18. The monoisotopic (exact) mass is 207 g/mol. The largest absolute Gasteiger partial charge is 0.508 e. The van der Waals surface area contributed by atoms with E-state index in [-0.39, 0.29) is 11.2 Å². The number of ether oxygens (including phenoxy) is 1. The fraction of sp³-hybridized carbons (Fsp3) is 0.500. The summed E-state index contributed by atoms with van der Waals surface area (Å²) in [5, 5.41) is 12.6. The van der Waals surface area contributed by atoms with E-state index in [1.54, 1.807) is 19.2 Å². The maximum Gasteiger partial charge on any atom is 0.126 e. The average Bonchev–Trinajstić information content (AvgIpc) is 2.99. The fourth-order valence-corrected chi connectivity index (χ4v) is 2.15. The Morgan fingerprint density at radius 1 is 1.47 bits per heavy atom. The third-order valence-electron chi connectivity index (χ3n) is 3.13. The first-order valence-corrected chi connectivity index (χ1v) is 5.24. The first-order valence-electron chi connectivity index (χ1n) is 5.24. The van der Waals surface area contributed by atoms with Crippen molar-refractivity contribution in [2.45, 2.75) is 18.3 Å². The maximum absolute atomic E-state index is 9.39. The topological polar surface area (TPSA) is 41.5 Å². The molecule has 0 atom stereocenters. The van der Waals surface area contributed by atoms with E-state index in [1.807, 2.05) is 13.1 Å². The SMILES string of the molecule is CNCC1(c2ccc(O)cc2OC)CC1. The van der Waals surface area contributed by atoms with Gasteiger partial charge in [-0.05, 0) is 26.0 Å². The second-order valence-corrected chi connectivity index (χ2v) is 4.20. The highest BCUT2D eigenvalue weighted by atomic mass is 16.5. The number of hydrogen-bond acceptors (Lipinski definition) is 3. The Bertz CT molecular complexity index is 359. The highest BCUT2D eigenvalue weighted by molar-refractivity contribution is 5.47. The molecule has 1 aromatic carbocycles. The molecule has 15 heavy (non-hydrogen) atoms. The molecule has 0 aromatic heterocycles. The van der Waals surface area contributed by atoms with Crippen molar-refractivity contribution in [3.8, 4) is 11.5 Å². The second kappa shape index (κ2) is 3.74. The van der Waals surface area contributed by atoms with Gasteiger partial charge in [0.05, 0.1) is 7.11 Å². The maximum atomic E-state index is 9.39. The van der Waals surface area contributed by atoms with Gasteiger partial charge in [-0.3, -0.25) is 0 Å². The summed E-state index contributed by atoms with van der Waals surface area (Å²) in [6, 6.07) is 5.39. The molecule has 2 N–H and O–H groups in total. The van der Waals surface area contributed by atoms with Crippen LogP contribution in [0.3, 0.4) is 0 Å². The standard InChI is InChI=1S/C12H17NO2/c1-13-8-12(5-6-12)10-4-3-9(14)7-11(10)15-2/h3-4,7,13-14H,5-6,8H2,1-2H3. The van der Waals surface area contributed by atoms with E-state index < -0.39 is 0 Å². The van der Waals surface area contributed by atoms with Gasteiger partial charge < -0.3 is 15.2 Å². The third kappa shape index (κ3) is 1.79. The van der Waals surface area contributed by atoms with Gasteiger partial charge in [-0.2, -0.15) is 0 Å². The Morgan fingerprint density at radius 2 is 2.20 bits per heavy atom. The number of aromatic hydroxyl groups is 1. The fourth-order valence-electron chi connectivity index (χ4n) is 2.15.